The summed E-state index contributed by atoms with van der Waals surface area (Å²) in [5.74, 6) is 1.18. The van der Waals surface area contributed by atoms with Crippen LogP contribution in [0.15, 0.2) is 71.6 Å². The highest BCUT2D eigenvalue weighted by Crippen LogP contribution is 2.42. The maximum Gasteiger partial charge on any atom is 0.236 e. The molecule has 1 aliphatic carbocycles. The van der Waals surface area contributed by atoms with Crippen LogP contribution in [0.2, 0.25) is 0 Å². The van der Waals surface area contributed by atoms with E-state index in [-0.39, 0.29) is 10.8 Å². The maximum atomic E-state index is 13.4. The summed E-state index contributed by atoms with van der Waals surface area (Å²) < 4.78 is 27.5. The minimum absolute atomic E-state index is 0.0569. The van der Waals surface area contributed by atoms with Crippen LogP contribution < -0.4 is 10.1 Å². The molecule has 1 saturated carbocycles. The Hall–Kier alpha value is -3.19. The molecule has 6 nitrogen and oxygen atoms in total. The Bertz CT molecular complexity index is 1140. The smallest absolute Gasteiger partial charge is 0.236 e. The van der Waals surface area contributed by atoms with E-state index in [0.29, 0.717) is 11.5 Å². The predicted octanol–water partition coefficient (Wildman–Crippen LogP) is 4.18. The highest BCUT2D eigenvalue weighted by Gasteiger charge is 2.42. The second kappa shape index (κ2) is 8.89. The molecule has 0 aliphatic heterocycles. The van der Waals surface area contributed by atoms with E-state index in [9.17, 15) is 13.2 Å². The largest absolute Gasteiger partial charge is 0.497 e. The molecule has 0 bridgehead atoms. The van der Waals surface area contributed by atoms with Gasteiger partial charge in [0.15, 0.2) is 10.7 Å². The van der Waals surface area contributed by atoms with Crippen molar-refractivity contribution in [1.82, 2.24) is 4.98 Å². The number of hydrogen-bond acceptors (Lipinski definition) is 5. The van der Waals surface area contributed by atoms with E-state index in [2.05, 4.69) is 10.3 Å². The zero-order valence-corrected chi connectivity index (χ0v) is 18.1. The molecule has 1 amide bonds. The number of aromatic nitrogens is 1. The van der Waals surface area contributed by atoms with Crippen molar-refractivity contribution >= 4 is 22.4 Å². The molecule has 160 valence electrons. The third-order valence-electron chi connectivity index (χ3n) is 5.90. The monoisotopic (exact) mass is 436 g/mol. The molecule has 4 rings (SSSR count). The van der Waals surface area contributed by atoms with E-state index in [4.69, 9.17) is 4.74 Å². The molecule has 0 saturated heterocycles. The highest BCUT2D eigenvalue weighted by atomic mass is 32.2. The number of benzene rings is 2. The van der Waals surface area contributed by atoms with Crippen LogP contribution in [0, 0.1) is 0 Å². The van der Waals surface area contributed by atoms with E-state index in [1.165, 1.54) is 0 Å². The number of anilines is 1. The molecular formula is C24H24N2O4S. The lowest BCUT2D eigenvalue weighted by Gasteiger charge is -2.28. The molecule has 1 aromatic heterocycles. The second-order valence-corrected chi connectivity index (χ2v) is 8.71. The van der Waals surface area contributed by atoms with Crippen LogP contribution in [0.5, 0.6) is 5.75 Å². The van der Waals surface area contributed by atoms with Gasteiger partial charge in [0, 0.05) is 5.56 Å². The molecule has 7 heteroatoms. The van der Waals surface area contributed by atoms with Crippen molar-refractivity contribution in [2.75, 3.05) is 12.4 Å². The Balaban J connectivity index is 1.59. The van der Waals surface area contributed by atoms with Gasteiger partial charge in [-0.2, -0.15) is 0 Å². The first-order chi connectivity index (χ1) is 15.0. The van der Waals surface area contributed by atoms with E-state index < -0.39 is 16.1 Å². The first kappa shape index (κ1) is 21.1. The fourth-order valence-corrected chi connectivity index (χ4v) is 4.58. The van der Waals surface area contributed by atoms with Crippen LogP contribution in [0.4, 0.5) is 5.82 Å². The summed E-state index contributed by atoms with van der Waals surface area (Å²) in [6, 6.07) is 19.7. The van der Waals surface area contributed by atoms with Crippen LogP contribution in [0.25, 0.3) is 11.3 Å². The van der Waals surface area contributed by atoms with Crippen LogP contribution >= 0.6 is 0 Å². The summed E-state index contributed by atoms with van der Waals surface area (Å²) in [5, 5.41) is 3.01. The lowest BCUT2D eigenvalue weighted by molar-refractivity contribution is -0.121. The molecule has 1 N–H and O–H groups in total. The number of pyridine rings is 1. The number of carbonyl (C=O) groups excluding carboxylic acids is 1. The predicted molar refractivity (Wildman–Crippen MR) is 120 cm³/mol. The van der Waals surface area contributed by atoms with Crippen LogP contribution in [0.1, 0.15) is 31.2 Å². The number of amides is 1. The summed E-state index contributed by atoms with van der Waals surface area (Å²) in [6.07, 6.45) is 3.59. The molecule has 0 radical (unpaired) electrons. The second-order valence-electron chi connectivity index (χ2n) is 7.68. The van der Waals surface area contributed by atoms with Crippen LogP contribution in [-0.4, -0.2) is 26.4 Å². The Kier molecular flexibility index (Phi) is 6.04. The molecule has 0 atom stereocenters. The van der Waals surface area contributed by atoms with Crippen molar-refractivity contribution < 1.29 is 17.9 Å². The van der Waals surface area contributed by atoms with Gasteiger partial charge in [-0.05, 0) is 54.8 Å². The topological polar surface area (TPSA) is 85.4 Å². The van der Waals surface area contributed by atoms with Crippen molar-refractivity contribution in [3.63, 3.8) is 0 Å². The van der Waals surface area contributed by atoms with E-state index >= 15 is 0 Å². The molecule has 0 unspecified atom stereocenters. The van der Waals surface area contributed by atoms with Gasteiger partial charge in [-0.3, -0.25) is 4.79 Å². The lowest BCUT2D eigenvalue weighted by Crippen LogP contribution is -2.38. The molecule has 31 heavy (non-hydrogen) atoms. The van der Waals surface area contributed by atoms with Crippen molar-refractivity contribution in [2.45, 2.75) is 36.0 Å². The van der Waals surface area contributed by atoms with Crippen molar-refractivity contribution in [2.24, 2.45) is 0 Å². The Labute approximate surface area is 183 Å². The van der Waals surface area contributed by atoms with Gasteiger partial charge in [-0.15, -0.1) is 0 Å². The standard InChI is InChI=1S/C24H24N2O4S/c1-30-19-11-9-18(10-12-19)24(15-2-3-16-24)23(27)26-22-6-4-5-21(25-22)17-7-13-20(14-8-17)31(28)29/h4-14,31H,2-3,15-16H2,1H3,(H,25,26,27). The SMILES string of the molecule is COc1ccc(C2(C(=O)Nc3cccc(-c4ccc([SH](=O)=O)cc4)n3)CCCC2)cc1. The Morgan fingerprint density at radius 3 is 2.26 bits per heavy atom. The molecule has 3 aromatic rings. The number of ether oxygens (including phenoxy) is 1. The maximum absolute atomic E-state index is 13.4. The fourth-order valence-electron chi connectivity index (χ4n) is 4.19. The lowest BCUT2D eigenvalue weighted by atomic mass is 9.78. The zero-order chi connectivity index (χ0) is 21.8. The third-order valence-corrected chi connectivity index (χ3v) is 6.62. The first-order valence-electron chi connectivity index (χ1n) is 10.2. The molecule has 1 aliphatic rings. The highest BCUT2D eigenvalue weighted by molar-refractivity contribution is 7.72. The van der Waals surface area contributed by atoms with Gasteiger partial charge >= 0.3 is 0 Å². The summed E-state index contributed by atoms with van der Waals surface area (Å²) in [6.45, 7) is 0. The van der Waals surface area contributed by atoms with Crippen LogP contribution in [-0.2, 0) is 20.9 Å². The minimum Gasteiger partial charge on any atom is -0.497 e. The normalized spacial score (nSPS) is 15.0. The third kappa shape index (κ3) is 4.32. The fraction of sp³-hybridized carbons (Fsp3) is 0.250. The molecular weight excluding hydrogens is 412 g/mol. The number of nitrogens with one attached hydrogen (secondary N) is 1. The van der Waals surface area contributed by atoms with E-state index in [0.717, 1.165) is 42.6 Å². The van der Waals surface area contributed by atoms with Gasteiger partial charge in [-0.1, -0.05) is 43.2 Å². The zero-order valence-electron chi connectivity index (χ0n) is 17.2. The number of nitrogens with zero attached hydrogens (tertiary/aromatic N) is 1. The first-order valence-corrected chi connectivity index (χ1v) is 11.4. The van der Waals surface area contributed by atoms with Crippen LogP contribution in [0.3, 0.4) is 0 Å². The van der Waals surface area contributed by atoms with E-state index in [1.54, 1.807) is 37.4 Å². The number of carbonyl (C=O) groups is 1. The average molecular weight is 437 g/mol. The van der Waals surface area contributed by atoms with Gasteiger partial charge in [-0.25, -0.2) is 13.4 Å². The Morgan fingerprint density at radius 1 is 0.968 bits per heavy atom. The van der Waals surface area contributed by atoms with Gasteiger partial charge in [0.1, 0.15) is 11.6 Å². The quantitative estimate of drug-likeness (QED) is 0.566. The molecule has 2 aromatic carbocycles. The number of thiol groups is 1. The van der Waals surface area contributed by atoms with Crippen molar-refractivity contribution in [3.05, 3.63) is 72.3 Å². The van der Waals surface area contributed by atoms with Gasteiger partial charge in [0.05, 0.1) is 23.1 Å². The molecule has 1 heterocycles. The summed E-state index contributed by atoms with van der Waals surface area (Å²) in [5.41, 5.74) is 1.85. The van der Waals surface area contributed by atoms with Gasteiger partial charge < -0.3 is 10.1 Å². The minimum atomic E-state index is -2.62. The number of methoxy groups -OCH3 is 1. The van der Waals surface area contributed by atoms with Gasteiger partial charge in [0.25, 0.3) is 0 Å². The number of rotatable bonds is 6. The molecule has 1 fully saturated rings. The Morgan fingerprint density at radius 2 is 1.65 bits per heavy atom. The summed E-state index contributed by atoms with van der Waals surface area (Å²) >= 11 is 0. The van der Waals surface area contributed by atoms with Crippen molar-refractivity contribution in [3.8, 4) is 17.0 Å². The van der Waals surface area contributed by atoms with Crippen molar-refractivity contribution in [1.29, 1.82) is 0 Å². The van der Waals surface area contributed by atoms with E-state index in [1.807, 2.05) is 36.4 Å². The average Bonchev–Trinajstić information content (AvgIpc) is 3.31. The summed E-state index contributed by atoms with van der Waals surface area (Å²) in [7, 11) is -0.992. The van der Waals surface area contributed by atoms with Gasteiger partial charge in [0.2, 0.25) is 5.91 Å². The summed E-state index contributed by atoms with van der Waals surface area (Å²) in [4.78, 5) is 18.2. The molecule has 0 spiro atoms. The number of hydrogen-bond donors (Lipinski definition) is 2.